The van der Waals surface area contributed by atoms with Crippen molar-refractivity contribution in [1.82, 2.24) is 4.98 Å². The first-order valence-corrected chi connectivity index (χ1v) is 5.98. The van der Waals surface area contributed by atoms with Gasteiger partial charge in [-0.05, 0) is 18.2 Å². The first kappa shape index (κ1) is 18.2. The Morgan fingerprint density at radius 3 is 2.04 bits per heavy atom. The maximum atomic E-state index is 12.6. The third-order valence-corrected chi connectivity index (χ3v) is 2.54. The third-order valence-electron chi connectivity index (χ3n) is 2.54. The number of benzene rings is 1. The Bertz CT molecular complexity index is 692. The van der Waals surface area contributed by atoms with E-state index in [2.05, 4.69) is 4.98 Å². The molecule has 2 rings (SSSR count). The van der Waals surface area contributed by atoms with Crippen molar-refractivity contribution in [3.63, 3.8) is 0 Å². The van der Waals surface area contributed by atoms with Gasteiger partial charge in [-0.2, -0.15) is 13.2 Å². The van der Waals surface area contributed by atoms with E-state index in [1.165, 1.54) is 6.07 Å². The van der Waals surface area contributed by atoms with Gasteiger partial charge in [-0.1, -0.05) is 6.07 Å². The van der Waals surface area contributed by atoms with E-state index < -0.39 is 34.8 Å². The zero-order chi connectivity index (χ0) is 17.6. The number of alkyl halides is 3. The Kier molecular flexibility index (Phi) is 5.88. The van der Waals surface area contributed by atoms with Gasteiger partial charge < -0.3 is 11.1 Å². The van der Waals surface area contributed by atoms with E-state index in [1.807, 2.05) is 0 Å². The highest BCUT2D eigenvalue weighted by Crippen LogP contribution is 2.30. The standard InChI is InChI=1S/C7H5F3N2.C7H6F2N2/c8-7(9,10)6-1-2-12-4-5(6)3-11;8-4-2-1-3-5(9)6(4)7(10)11/h1-4,11H;1-3H,(H3,10,11). The molecule has 0 saturated carbocycles. The second-order valence-corrected chi connectivity index (χ2v) is 4.12. The zero-order valence-corrected chi connectivity index (χ0v) is 11.5. The first-order valence-electron chi connectivity index (χ1n) is 5.98. The highest BCUT2D eigenvalue weighted by molar-refractivity contribution is 5.95. The summed E-state index contributed by atoms with van der Waals surface area (Å²) < 4.78 is 61.6. The van der Waals surface area contributed by atoms with Crippen LogP contribution in [0.25, 0.3) is 0 Å². The number of nitrogens with zero attached hydrogens (tertiary/aromatic N) is 1. The van der Waals surface area contributed by atoms with Gasteiger partial charge in [-0.25, -0.2) is 8.78 Å². The molecule has 4 nitrogen and oxygen atoms in total. The van der Waals surface area contributed by atoms with E-state index in [0.29, 0.717) is 6.21 Å². The maximum Gasteiger partial charge on any atom is 0.417 e. The number of rotatable bonds is 2. The quantitative estimate of drug-likeness (QED) is 0.448. The van der Waals surface area contributed by atoms with Crippen LogP contribution >= 0.6 is 0 Å². The zero-order valence-electron chi connectivity index (χ0n) is 11.5. The van der Waals surface area contributed by atoms with Gasteiger partial charge in [0.1, 0.15) is 17.5 Å². The summed E-state index contributed by atoms with van der Waals surface area (Å²) in [5, 5.41) is 13.5. The monoisotopic (exact) mass is 330 g/mol. The molecule has 0 aliphatic heterocycles. The summed E-state index contributed by atoms with van der Waals surface area (Å²) in [4.78, 5) is 3.48. The summed E-state index contributed by atoms with van der Waals surface area (Å²) in [6.45, 7) is 0. The van der Waals surface area contributed by atoms with E-state index in [1.54, 1.807) is 0 Å². The van der Waals surface area contributed by atoms with Gasteiger partial charge in [0, 0.05) is 24.2 Å². The van der Waals surface area contributed by atoms with E-state index in [4.69, 9.17) is 16.6 Å². The Morgan fingerprint density at radius 2 is 1.70 bits per heavy atom. The van der Waals surface area contributed by atoms with Crippen LogP contribution in [0.3, 0.4) is 0 Å². The molecule has 0 saturated heterocycles. The molecule has 0 unspecified atom stereocenters. The number of nitrogens with two attached hydrogens (primary N) is 1. The predicted molar refractivity (Wildman–Crippen MR) is 74.5 cm³/mol. The average Bonchev–Trinajstić information content (AvgIpc) is 2.46. The van der Waals surface area contributed by atoms with Crippen molar-refractivity contribution in [2.24, 2.45) is 5.73 Å². The molecule has 122 valence electrons. The van der Waals surface area contributed by atoms with Crippen molar-refractivity contribution in [3.05, 3.63) is 65.0 Å². The number of nitrogen functional groups attached to an aromatic ring is 1. The van der Waals surface area contributed by atoms with E-state index in [9.17, 15) is 22.0 Å². The molecular weight excluding hydrogens is 319 g/mol. The molecule has 1 aromatic carbocycles. The molecule has 0 aliphatic rings. The smallest absolute Gasteiger partial charge is 0.384 e. The average molecular weight is 330 g/mol. The fourth-order valence-corrected chi connectivity index (χ4v) is 1.53. The van der Waals surface area contributed by atoms with Gasteiger partial charge >= 0.3 is 6.18 Å². The fourth-order valence-electron chi connectivity index (χ4n) is 1.53. The molecule has 4 N–H and O–H groups in total. The van der Waals surface area contributed by atoms with E-state index in [0.717, 1.165) is 30.6 Å². The molecule has 0 atom stereocenters. The van der Waals surface area contributed by atoms with Crippen LogP contribution in [0.1, 0.15) is 16.7 Å². The van der Waals surface area contributed by atoms with Gasteiger partial charge in [0.2, 0.25) is 0 Å². The second-order valence-electron chi connectivity index (χ2n) is 4.12. The molecule has 0 aliphatic carbocycles. The molecule has 0 bridgehead atoms. The molecule has 9 heteroatoms. The molecule has 1 aromatic heterocycles. The van der Waals surface area contributed by atoms with Crippen LogP contribution in [0.4, 0.5) is 22.0 Å². The number of nitrogens with one attached hydrogen (secondary N) is 2. The largest absolute Gasteiger partial charge is 0.417 e. The molecular formula is C14H11F5N4. The lowest BCUT2D eigenvalue weighted by Gasteiger charge is -2.07. The van der Waals surface area contributed by atoms with Crippen LogP contribution in [0.2, 0.25) is 0 Å². The number of pyridine rings is 1. The van der Waals surface area contributed by atoms with Crippen LogP contribution in [0.15, 0.2) is 36.7 Å². The lowest BCUT2D eigenvalue weighted by atomic mass is 10.1. The summed E-state index contributed by atoms with van der Waals surface area (Å²) >= 11 is 0. The van der Waals surface area contributed by atoms with E-state index in [-0.39, 0.29) is 5.56 Å². The minimum atomic E-state index is -4.41. The first-order chi connectivity index (χ1) is 10.7. The summed E-state index contributed by atoms with van der Waals surface area (Å²) in [5.74, 6) is -2.21. The minimum Gasteiger partial charge on any atom is -0.384 e. The van der Waals surface area contributed by atoms with Crippen LogP contribution in [0.5, 0.6) is 0 Å². The summed E-state index contributed by atoms with van der Waals surface area (Å²) in [6.07, 6.45) is -1.71. The van der Waals surface area contributed by atoms with Crippen LogP contribution in [-0.2, 0) is 6.18 Å². The Balaban J connectivity index is 0.000000231. The van der Waals surface area contributed by atoms with Crippen molar-refractivity contribution in [2.45, 2.75) is 6.18 Å². The molecule has 2 aromatic rings. The number of amidine groups is 1. The molecule has 0 fully saturated rings. The Morgan fingerprint density at radius 1 is 1.13 bits per heavy atom. The highest BCUT2D eigenvalue weighted by Gasteiger charge is 2.32. The van der Waals surface area contributed by atoms with Crippen LogP contribution in [-0.4, -0.2) is 17.0 Å². The van der Waals surface area contributed by atoms with Crippen LogP contribution in [0, 0.1) is 22.5 Å². The Labute approximate surface area is 127 Å². The normalized spacial score (nSPS) is 10.5. The maximum absolute atomic E-state index is 12.6. The third kappa shape index (κ3) is 4.83. The van der Waals surface area contributed by atoms with Gasteiger partial charge in [0.05, 0.1) is 11.1 Å². The van der Waals surface area contributed by atoms with Crippen molar-refractivity contribution in [3.8, 4) is 0 Å². The number of aromatic nitrogens is 1. The predicted octanol–water partition coefficient (Wildman–Crippen LogP) is 3.35. The van der Waals surface area contributed by atoms with Gasteiger partial charge in [-0.15, -0.1) is 0 Å². The number of halogens is 5. The van der Waals surface area contributed by atoms with Gasteiger partial charge in [-0.3, -0.25) is 10.4 Å². The molecule has 0 radical (unpaired) electrons. The summed E-state index contributed by atoms with van der Waals surface area (Å²) in [6, 6.07) is 4.18. The second kappa shape index (κ2) is 7.43. The fraction of sp³-hybridized carbons (Fsp3) is 0.0714. The molecule has 0 spiro atoms. The van der Waals surface area contributed by atoms with E-state index >= 15 is 0 Å². The lowest BCUT2D eigenvalue weighted by molar-refractivity contribution is -0.137. The minimum absolute atomic E-state index is 0.218. The molecule has 23 heavy (non-hydrogen) atoms. The SMILES string of the molecule is N=C(N)c1c(F)cccc1F.N=Cc1cnccc1C(F)(F)F. The number of hydrogen-bond donors (Lipinski definition) is 3. The number of hydrogen-bond acceptors (Lipinski definition) is 3. The van der Waals surface area contributed by atoms with Crippen molar-refractivity contribution in [1.29, 1.82) is 10.8 Å². The topological polar surface area (TPSA) is 86.6 Å². The Hall–Kier alpha value is -2.84. The van der Waals surface area contributed by atoms with Gasteiger partial charge in [0.25, 0.3) is 0 Å². The molecule has 1 heterocycles. The van der Waals surface area contributed by atoms with Gasteiger partial charge in [0.15, 0.2) is 0 Å². The van der Waals surface area contributed by atoms with Crippen molar-refractivity contribution < 1.29 is 22.0 Å². The lowest BCUT2D eigenvalue weighted by Crippen LogP contribution is -2.15. The molecule has 0 amide bonds. The van der Waals surface area contributed by atoms with Crippen molar-refractivity contribution in [2.75, 3.05) is 0 Å². The van der Waals surface area contributed by atoms with Crippen molar-refractivity contribution >= 4 is 12.1 Å². The summed E-state index contributed by atoms with van der Waals surface area (Å²) in [7, 11) is 0. The summed E-state index contributed by atoms with van der Waals surface area (Å²) in [5.41, 5.74) is 3.41. The van der Waals surface area contributed by atoms with Crippen LogP contribution < -0.4 is 5.73 Å². The highest BCUT2D eigenvalue weighted by atomic mass is 19.4.